The van der Waals surface area contributed by atoms with E-state index in [0.717, 1.165) is 26.5 Å². The van der Waals surface area contributed by atoms with Crippen molar-refractivity contribution >= 4 is 55.7 Å². The van der Waals surface area contributed by atoms with Crippen LogP contribution in [-0.4, -0.2) is 31.8 Å². The van der Waals surface area contributed by atoms with Crippen LogP contribution in [0.5, 0.6) is 0 Å². The van der Waals surface area contributed by atoms with Crippen LogP contribution in [0, 0.1) is 13.8 Å². The topological polar surface area (TPSA) is 80.7 Å². The number of thioether (sulfide) groups is 1. The van der Waals surface area contributed by atoms with Crippen molar-refractivity contribution in [3.63, 3.8) is 0 Å². The molecule has 0 aliphatic heterocycles. The Morgan fingerprint density at radius 3 is 2.74 bits per heavy atom. The molecule has 0 saturated heterocycles. The molecular weight excluding hydrogens is 398 g/mol. The van der Waals surface area contributed by atoms with E-state index in [1.54, 1.807) is 17.5 Å². The highest BCUT2D eigenvalue weighted by Gasteiger charge is 2.17. The molecule has 9 heteroatoms. The Morgan fingerprint density at radius 2 is 2.00 bits per heavy atom. The standard InChI is InChI=1S/C18H15N5OS3/c1-10-3-5-12(6-4-10)14-16-15(20-11(2)27-16)17(23-22-14)26-9-13(24)21-18-19-7-8-25-18/h3-8H,9H2,1-2H3,(H,19,21,24). The number of fused-ring (bicyclic) bond motifs is 1. The van der Waals surface area contributed by atoms with Gasteiger partial charge in [0.25, 0.3) is 0 Å². The summed E-state index contributed by atoms with van der Waals surface area (Å²) in [7, 11) is 0. The molecule has 0 bridgehead atoms. The number of amides is 1. The van der Waals surface area contributed by atoms with Crippen molar-refractivity contribution in [2.45, 2.75) is 18.9 Å². The molecule has 27 heavy (non-hydrogen) atoms. The maximum absolute atomic E-state index is 12.1. The number of aromatic nitrogens is 4. The summed E-state index contributed by atoms with van der Waals surface area (Å²) in [5.41, 5.74) is 3.84. The highest BCUT2D eigenvalue weighted by Crippen LogP contribution is 2.35. The predicted molar refractivity (Wildman–Crippen MR) is 112 cm³/mol. The second-order valence-electron chi connectivity index (χ2n) is 5.80. The van der Waals surface area contributed by atoms with E-state index in [1.807, 2.05) is 24.4 Å². The number of carbonyl (C=O) groups excluding carboxylic acids is 1. The van der Waals surface area contributed by atoms with Gasteiger partial charge in [0.2, 0.25) is 5.91 Å². The molecule has 6 nitrogen and oxygen atoms in total. The van der Waals surface area contributed by atoms with Crippen LogP contribution in [0.15, 0.2) is 40.9 Å². The van der Waals surface area contributed by atoms with Gasteiger partial charge in [0.05, 0.1) is 15.5 Å². The first-order valence-corrected chi connectivity index (χ1v) is 10.8. The Hall–Kier alpha value is -2.36. The average Bonchev–Trinajstić information content (AvgIpc) is 3.29. The Kier molecular flexibility index (Phi) is 5.15. The number of anilines is 1. The van der Waals surface area contributed by atoms with E-state index in [1.165, 1.54) is 28.7 Å². The van der Waals surface area contributed by atoms with Crippen LogP contribution in [0.3, 0.4) is 0 Å². The second kappa shape index (κ2) is 7.71. The fraction of sp³-hybridized carbons (Fsp3) is 0.167. The van der Waals surface area contributed by atoms with Gasteiger partial charge in [-0.2, -0.15) is 0 Å². The van der Waals surface area contributed by atoms with Gasteiger partial charge >= 0.3 is 0 Å². The molecule has 4 rings (SSSR count). The van der Waals surface area contributed by atoms with Crippen molar-refractivity contribution in [2.75, 3.05) is 11.1 Å². The number of nitrogens with zero attached hydrogens (tertiary/aromatic N) is 4. The lowest BCUT2D eigenvalue weighted by Gasteiger charge is -2.05. The maximum Gasteiger partial charge on any atom is 0.236 e. The Labute approximate surface area is 168 Å². The third kappa shape index (κ3) is 4.00. The Balaban J connectivity index is 1.60. The number of thiazole rings is 2. The largest absolute Gasteiger partial charge is 0.301 e. The van der Waals surface area contributed by atoms with E-state index >= 15 is 0 Å². The van der Waals surface area contributed by atoms with Crippen LogP contribution in [0.2, 0.25) is 0 Å². The summed E-state index contributed by atoms with van der Waals surface area (Å²) in [6, 6.07) is 8.20. The molecular formula is C18H15N5OS3. The van der Waals surface area contributed by atoms with Crippen molar-refractivity contribution in [1.29, 1.82) is 0 Å². The number of rotatable bonds is 5. The molecule has 0 aliphatic carbocycles. The molecule has 0 spiro atoms. The van der Waals surface area contributed by atoms with Crippen molar-refractivity contribution in [2.24, 2.45) is 0 Å². The zero-order valence-electron chi connectivity index (χ0n) is 14.6. The van der Waals surface area contributed by atoms with Gasteiger partial charge in [0.1, 0.15) is 16.2 Å². The van der Waals surface area contributed by atoms with Gasteiger partial charge in [-0.3, -0.25) is 4.79 Å². The molecule has 0 fully saturated rings. The SMILES string of the molecule is Cc1ccc(-c2nnc(SCC(=O)Nc3nccs3)c3nc(C)sc23)cc1. The number of carbonyl (C=O) groups is 1. The molecule has 0 radical (unpaired) electrons. The minimum atomic E-state index is -0.125. The summed E-state index contributed by atoms with van der Waals surface area (Å²) in [6.45, 7) is 4.02. The first-order valence-electron chi connectivity index (χ1n) is 8.13. The Bertz CT molecular complexity index is 1090. The molecule has 3 heterocycles. The van der Waals surface area contributed by atoms with Crippen molar-refractivity contribution in [3.05, 3.63) is 46.4 Å². The summed E-state index contributed by atoms with van der Waals surface area (Å²) in [5, 5.41) is 15.6. The highest BCUT2D eigenvalue weighted by molar-refractivity contribution is 8.00. The first-order chi connectivity index (χ1) is 13.1. The summed E-state index contributed by atoms with van der Waals surface area (Å²) in [5.74, 6) is 0.101. The van der Waals surface area contributed by atoms with Gasteiger partial charge in [-0.05, 0) is 13.8 Å². The number of nitrogens with one attached hydrogen (secondary N) is 1. The molecule has 1 amide bonds. The van der Waals surface area contributed by atoms with Gasteiger partial charge in [0, 0.05) is 17.1 Å². The smallest absolute Gasteiger partial charge is 0.236 e. The number of hydrogen-bond acceptors (Lipinski definition) is 8. The van der Waals surface area contributed by atoms with Gasteiger partial charge in [-0.25, -0.2) is 9.97 Å². The maximum atomic E-state index is 12.1. The number of aryl methyl sites for hydroxylation is 2. The second-order valence-corrected chi connectivity index (χ2v) is 8.87. The van der Waals surface area contributed by atoms with Gasteiger partial charge < -0.3 is 5.32 Å². The molecule has 1 N–H and O–H groups in total. The van der Waals surface area contributed by atoms with Crippen LogP contribution in [0.1, 0.15) is 10.6 Å². The molecule has 4 aromatic rings. The van der Waals surface area contributed by atoms with Crippen molar-refractivity contribution in [1.82, 2.24) is 20.2 Å². The summed E-state index contributed by atoms with van der Waals surface area (Å²) in [4.78, 5) is 20.8. The summed E-state index contributed by atoms with van der Waals surface area (Å²) < 4.78 is 0.995. The first kappa shape index (κ1) is 18.0. The third-order valence-corrected chi connectivity index (χ3v) is 6.36. The lowest BCUT2D eigenvalue weighted by atomic mass is 10.1. The third-order valence-electron chi connectivity index (χ3n) is 3.74. The fourth-order valence-corrected chi connectivity index (χ4v) is 4.75. The zero-order chi connectivity index (χ0) is 18.8. The quantitative estimate of drug-likeness (QED) is 0.483. The minimum absolute atomic E-state index is 0.125. The lowest BCUT2D eigenvalue weighted by molar-refractivity contribution is -0.113. The van der Waals surface area contributed by atoms with Gasteiger partial charge in [0.15, 0.2) is 5.13 Å². The minimum Gasteiger partial charge on any atom is -0.301 e. The molecule has 0 atom stereocenters. The zero-order valence-corrected chi connectivity index (χ0v) is 17.0. The molecule has 0 unspecified atom stereocenters. The monoisotopic (exact) mass is 413 g/mol. The van der Waals surface area contributed by atoms with Crippen LogP contribution in [0.25, 0.3) is 21.5 Å². The van der Waals surface area contributed by atoms with Gasteiger partial charge in [-0.1, -0.05) is 41.6 Å². The van der Waals surface area contributed by atoms with Crippen LogP contribution >= 0.6 is 34.4 Å². The summed E-state index contributed by atoms with van der Waals surface area (Å²) in [6.07, 6.45) is 1.66. The molecule has 1 aromatic carbocycles. The molecule has 0 saturated carbocycles. The lowest BCUT2D eigenvalue weighted by Crippen LogP contribution is -2.14. The van der Waals surface area contributed by atoms with Crippen LogP contribution in [0.4, 0.5) is 5.13 Å². The number of benzene rings is 1. The molecule has 3 aromatic heterocycles. The normalized spacial score (nSPS) is 11.0. The predicted octanol–water partition coefficient (Wildman–Crippen LogP) is 4.56. The van der Waals surface area contributed by atoms with E-state index < -0.39 is 0 Å². The number of hydrogen-bond donors (Lipinski definition) is 1. The molecule has 0 aliphatic rings. The van der Waals surface area contributed by atoms with Crippen LogP contribution in [-0.2, 0) is 4.79 Å². The van der Waals surface area contributed by atoms with E-state index in [9.17, 15) is 4.79 Å². The van der Waals surface area contributed by atoms with Crippen LogP contribution < -0.4 is 5.32 Å². The van der Waals surface area contributed by atoms with E-state index in [4.69, 9.17) is 0 Å². The van der Waals surface area contributed by atoms with E-state index in [-0.39, 0.29) is 11.7 Å². The average molecular weight is 414 g/mol. The van der Waals surface area contributed by atoms with E-state index in [0.29, 0.717) is 10.2 Å². The van der Waals surface area contributed by atoms with E-state index in [2.05, 4.69) is 44.5 Å². The van der Waals surface area contributed by atoms with Crippen molar-refractivity contribution < 1.29 is 4.79 Å². The van der Waals surface area contributed by atoms with Crippen molar-refractivity contribution in [3.8, 4) is 11.3 Å². The fourth-order valence-electron chi connectivity index (χ4n) is 2.49. The highest BCUT2D eigenvalue weighted by atomic mass is 32.2. The Morgan fingerprint density at radius 1 is 1.19 bits per heavy atom. The summed E-state index contributed by atoms with van der Waals surface area (Å²) >= 11 is 4.32. The van der Waals surface area contributed by atoms with Gasteiger partial charge in [-0.15, -0.1) is 32.9 Å². The molecule has 136 valence electrons.